The molecule has 194 valence electrons. The van der Waals surface area contributed by atoms with Crippen LogP contribution in [0.25, 0.3) is 0 Å². The Morgan fingerprint density at radius 3 is 2.03 bits per heavy atom. The molecular weight excluding hydrogens is 439 g/mol. The van der Waals surface area contributed by atoms with E-state index in [0.29, 0.717) is 38.6 Å². The van der Waals surface area contributed by atoms with Gasteiger partial charge in [0.25, 0.3) is 0 Å². The molecule has 34 heavy (non-hydrogen) atoms. The summed E-state index contributed by atoms with van der Waals surface area (Å²) >= 11 is 0. The number of unbranched alkanes of at least 4 members (excludes halogenated alkanes) is 9. The third-order valence-corrected chi connectivity index (χ3v) is 5.81. The quantitative estimate of drug-likeness (QED) is 0.119. The van der Waals surface area contributed by atoms with Crippen LogP contribution in [0.5, 0.6) is 0 Å². The van der Waals surface area contributed by atoms with Crippen molar-refractivity contribution in [1.29, 1.82) is 0 Å². The van der Waals surface area contributed by atoms with Gasteiger partial charge in [0, 0.05) is 13.0 Å². The molecule has 0 rings (SSSR count). The zero-order valence-corrected chi connectivity index (χ0v) is 25.1. The first kappa shape index (κ1) is 35.6. The molecule has 6 nitrogen and oxygen atoms in total. The molecule has 0 aromatic heterocycles. The molecule has 2 N–H and O–H groups in total. The van der Waals surface area contributed by atoms with E-state index in [2.05, 4.69) is 38.0 Å². The summed E-state index contributed by atoms with van der Waals surface area (Å²) in [4.78, 5) is 27.8. The van der Waals surface area contributed by atoms with Crippen LogP contribution in [0.1, 0.15) is 131 Å². The first-order valence-electron chi connectivity index (χ1n) is 13.3. The van der Waals surface area contributed by atoms with Crippen molar-refractivity contribution in [2.24, 2.45) is 16.3 Å². The number of amides is 1. The number of rotatable bonds is 20. The van der Waals surface area contributed by atoms with Crippen LogP contribution < -0.4 is 40.0 Å². The third-order valence-electron chi connectivity index (χ3n) is 5.81. The van der Waals surface area contributed by atoms with Gasteiger partial charge in [-0.1, -0.05) is 86.0 Å². The second kappa shape index (κ2) is 21.7. The first-order chi connectivity index (χ1) is 15.5. The maximum absolute atomic E-state index is 12.2. The van der Waals surface area contributed by atoms with Gasteiger partial charge < -0.3 is 20.5 Å². The molecule has 0 saturated carbocycles. The van der Waals surface area contributed by atoms with E-state index in [1.54, 1.807) is 0 Å². The van der Waals surface area contributed by atoms with Gasteiger partial charge >= 0.3 is 35.5 Å². The fourth-order valence-corrected chi connectivity index (χ4v) is 4.27. The van der Waals surface area contributed by atoms with Crippen molar-refractivity contribution in [1.82, 2.24) is 5.32 Å². The van der Waals surface area contributed by atoms with E-state index in [1.165, 1.54) is 44.9 Å². The molecule has 2 atom stereocenters. The molecule has 0 aliphatic rings. The van der Waals surface area contributed by atoms with Gasteiger partial charge in [-0.2, -0.15) is 0 Å². The third kappa shape index (κ3) is 23.2. The summed E-state index contributed by atoms with van der Waals surface area (Å²) in [7, 11) is 0. The Bertz CT molecular complexity index is 561. The van der Waals surface area contributed by atoms with Crippen molar-refractivity contribution in [3.63, 3.8) is 0 Å². The fraction of sp³-hybridized carbons (Fsp3) is 0.889. The maximum Gasteiger partial charge on any atom is 1.00 e. The van der Waals surface area contributed by atoms with E-state index >= 15 is 0 Å². The second-order valence-corrected chi connectivity index (χ2v) is 10.9. The molecule has 0 bridgehead atoms. The molecule has 0 saturated heterocycles. The van der Waals surface area contributed by atoms with Crippen LogP contribution >= 0.6 is 0 Å². The SMILES string of the molecule is CCCCCCCCCCCC([O-])=NCCCC[C@H](NC(=O)CC(C)CC(C)(C)C)C(=O)O.[Na+]. The minimum absolute atomic E-state index is 0. The van der Waals surface area contributed by atoms with E-state index in [1.807, 2.05) is 6.92 Å². The summed E-state index contributed by atoms with van der Waals surface area (Å²) in [6.45, 7) is 11.1. The Labute approximate surface area is 231 Å². The van der Waals surface area contributed by atoms with E-state index in [0.717, 1.165) is 19.3 Å². The van der Waals surface area contributed by atoms with Crippen LogP contribution in [-0.4, -0.2) is 35.5 Å². The molecule has 0 aromatic rings. The summed E-state index contributed by atoms with van der Waals surface area (Å²) in [6.07, 6.45) is 14.4. The second-order valence-electron chi connectivity index (χ2n) is 10.9. The Kier molecular flexibility index (Phi) is 22.7. The van der Waals surface area contributed by atoms with Crippen LogP contribution in [0, 0.1) is 11.3 Å². The molecule has 0 aliphatic carbocycles. The topological polar surface area (TPSA) is 102 Å². The Hall–Kier alpha value is -0.590. The molecule has 0 spiro atoms. The van der Waals surface area contributed by atoms with Gasteiger partial charge in [-0.05, 0) is 55.8 Å². The predicted octanol–water partition coefficient (Wildman–Crippen LogP) is 2.87. The van der Waals surface area contributed by atoms with Crippen molar-refractivity contribution in [3.8, 4) is 0 Å². The zero-order valence-electron chi connectivity index (χ0n) is 23.1. The number of hydrogen-bond donors (Lipinski definition) is 2. The minimum atomic E-state index is -1.01. The number of aliphatic carboxylic acids is 1. The monoisotopic (exact) mass is 490 g/mol. The van der Waals surface area contributed by atoms with E-state index < -0.39 is 12.0 Å². The van der Waals surface area contributed by atoms with Crippen molar-refractivity contribution in [3.05, 3.63) is 0 Å². The van der Waals surface area contributed by atoms with Crippen molar-refractivity contribution in [2.75, 3.05) is 6.54 Å². The number of nitrogens with zero attached hydrogens (tertiary/aromatic N) is 1. The summed E-state index contributed by atoms with van der Waals surface area (Å²) < 4.78 is 0. The largest absolute Gasteiger partial charge is 1.00 e. The summed E-state index contributed by atoms with van der Waals surface area (Å²) in [5, 5.41) is 23.9. The number of carboxylic acids is 1. The zero-order chi connectivity index (χ0) is 25.1. The maximum atomic E-state index is 12.2. The Morgan fingerprint density at radius 1 is 0.941 bits per heavy atom. The molecule has 0 aliphatic heterocycles. The normalized spacial score (nSPS) is 13.7. The van der Waals surface area contributed by atoms with Crippen LogP contribution in [0.4, 0.5) is 0 Å². The number of aliphatic imine (C=N–C) groups is 1. The molecule has 0 radical (unpaired) electrons. The molecule has 0 fully saturated rings. The minimum Gasteiger partial charge on any atom is -0.862 e. The number of nitrogens with one attached hydrogen (secondary N) is 1. The van der Waals surface area contributed by atoms with Crippen LogP contribution in [0.3, 0.4) is 0 Å². The summed E-state index contributed by atoms with van der Waals surface area (Å²) in [6, 6.07) is -0.878. The standard InChI is InChI=1S/C27H52N2O4.Na/c1-6-7-8-9-10-11-12-13-14-18-24(30)28-19-16-15-17-23(26(32)33)29-25(31)20-22(2)21-27(3,4)5;/h22-23H,6-21H2,1-5H3,(H,28,30)(H,29,31)(H,32,33);/q;+1/p-1/t22?,23-;/m0./s1. The van der Waals surface area contributed by atoms with Crippen molar-refractivity contribution in [2.45, 2.75) is 137 Å². The van der Waals surface area contributed by atoms with Gasteiger partial charge in [0.15, 0.2) is 0 Å². The molecule has 0 aromatic carbocycles. The number of carbonyl (C=O) groups excluding carboxylic acids is 1. The molecular formula is C27H51N2NaO4. The van der Waals surface area contributed by atoms with Gasteiger partial charge in [0.2, 0.25) is 5.91 Å². The van der Waals surface area contributed by atoms with Crippen LogP contribution in [0.15, 0.2) is 4.99 Å². The molecule has 1 amide bonds. The van der Waals surface area contributed by atoms with Crippen LogP contribution in [0.2, 0.25) is 0 Å². The molecule has 1 unspecified atom stereocenters. The Morgan fingerprint density at radius 2 is 1.50 bits per heavy atom. The van der Waals surface area contributed by atoms with E-state index in [-0.39, 0.29) is 52.7 Å². The van der Waals surface area contributed by atoms with Gasteiger partial charge in [-0.3, -0.25) is 4.79 Å². The smallest absolute Gasteiger partial charge is 0.862 e. The van der Waals surface area contributed by atoms with Gasteiger partial charge in [-0.15, -0.1) is 0 Å². The van der Waals surface area contributed by atoms with Crippen molar-refractivity contribution >= 4 is 17.8 Å². The summed E-state index contributed by atoms with van der Waals surface area (Å²) in [5.41, 5.74) is 0.140. The number of carbonyl (C=O) groups is 2. The van der Waals surface area contributed by atoms with Gasteiger partial charge in [-0.25, -0.2) is 4.79 Å². The first-order valence-corrected chi connectivity index (χ1v) is 13.3. The summed E-state index contributed by atoms with van der Waals surface area (Å²) in [5.74, 6) is -1.06. The van der Waals surface area contributed by atoms with E-state index in [9.17, 15) is 19.8 Å². The van der Waals surface area contributed by atoms with Crippen molar-refractivity contribution < 1.29 is 49.4 Å². The predicted molar refractivity (Wildman–Crippen MR) is 135 cm³/mol. The fourth-order valence-electron chi connectivity index (χ4n) is 4.27. The number of carboxylic acid groups (broad SMARTS) is 1. The molecule has 0 heterocycles. The molecule has 7 heteroatoms. The van der Waals surface area contributed by atoms with Gasteiger partial charge in [0.05, 0.1) is 0 Å². The Balaban J connectivity index is 0. The van der Waals surface area contributed by atoms with Crippen LogP contribution in [-0.2, 0) is 9.59 Å². The van der Waals surface area contributed by atoms with Gasteiger partial charge in [0.1, 0.15) is 6.04 Å². The number of hydrogen-bond acceptors (Lipinski definition) is 4. The average Bonchev–Trinajstić information content (AvgIpc) is 2.69. The average molecular weight is 491 g/mol. The van der Waals surface area contributed by atoms with E-state index in [4.69, 9.17) is 0 Å².